The van der Waals surface area contributed by atoms with Gasteiger partial charge in [0.25, 0.3) is 6.43 Å². The van der Waals surface area contributed by atoms with Gasteiger partial charge in [-0.2, -0.15) is 17.9 Å². The van der Waals surface area contributed by atoms with Crippen molar-refractivity contribution >= 4 is 33.3 Å². The number of alkyl halides is 5. The third kappa shape index (κ3) is 6.70. The van der Waals surface area contributed by atoms with Crippen LogP contribution in [0.5, 0.6) is 0 Å². The van der Waals surface area contributed by atoms with Gasteiger partial charge in [-0.15, -0.1) is 11.3 Å². The lowest BCUT2D eigenvalue weighted by atomic mass is 9.88. The lowest BCUT2D eigenvalue weighted by Crippen LogP contribution is -2.43. The second-order valence-corrected chi connectivity index (χ2v) is 11.9. The van der Waals surface area contributed by atoms with Gasteiger partial charge in [0.05, 0.1) is 23.0 Å². The number of carboxylic acids is 1. The number of esters is 1. The van der Waals surface area contributed by atoms with Crippen molar-refractivity contribution in [3.05, 3.63) is 41.0 Å². The summed E-state index contributed by atoms with van der Waals surface area (Å²) in [5, 5.41) is 13.2. The van der Waals surface area contributed by atoms with Crippen molar-refractivity contribution in [3.63, 3.8) is 0 Å². The minimum absolute atomic E-state index is 0.00830. The van der Waals surface area contributed by atoms with Crippen LogP contribution in [0.25, 0.3) is 21.1 Å². The Kier molecular flexibility index (Phi) is 8.90. The predicted molar refractivity (Wildman–Crippen MR) is 130 cm³/mol. The van der Waals surface area contributed by atoms with E-state index >= 15 is 4.39 Å². The number of halogens is 6. The van der Waals surface area contributed by atoms with Crippen molar-refractivity contribution < 1.29 is 58.7 Å². The van der Waals surface area contributed by atoms with E-state index in [0.29, 0.717) is 30.4 Å². The highest BCUT2D eigenvalue weighted by Gasteiger charge is 2.40. The smallest absolute Gasteiger partial charge is 0.404 e. The monoisotopic (exact) mass is 629 g/mol. The number of ether oxygens (including phenoxy) is 1. The Morgan fingerprint density at radius 1 is 1.22 bits per heavy atom. The second kappa shape index (κ2) is 11.4. The summed E-state index contributed by atoms with van der Waals surface area (Å²) in [5.74, 6) is -4.18. The SMILES string of the molecule is COC(=O)C(C)(C)Cc1cc(-c2nc(C(=O)O)c(-c3ccc(S(=O)(=O)NC(C)C(F)(F)F)c(F)c3C(F)F)s2)no1. The standard InChI is InChI=1S/C23H21F6N3O7S2/c1-9(23(27,28)29)32-41(36,37)13-6-5-11(14(15(13)24)18(25)26)17-16(20(33)34)30-19(40-17)12-7-10(39-31-12)8-22(2,3)21(35)38-4/h5-7,9,18,32H,8H2,1-4H3,(H,33,34). The number of carbonyl (C=O) groups is 2. The van der Waals surface area contributed by atoms with Gasteiger partial charge < -0.3 is 14.4 Å². The first-order valence-electron chi connectivity index (χ1n) is 11.3. The number of thiazole rings is 1. The molecule has 224 valence electrons. The summed E-state index contributed by atoms with van der Waals surface area (Å²) in [7, 11) is -4.08. The quantitative estimate of drug-likeness (QED) is 0.228. The highest BCUT2D eigenvalue weighted by atomic mass is 32.2. The molecule has 0 spiro atoms. The van der Waals surface area contributed by atoms with Gasteiger partial charge in [-0.25, -0.2) is 31.4 Å². The van der Waals surface area contributed by atoms with Crippen LogP contribution in [0.3, 0.4) is 0 Å². The molecule has 2 aromatic heterocycles. The molecule has 0 aliphatic heterocycles. The van der Waals surface area contributed by atoms with Crippen LogP contribution in [0.15, 0.2) is 27.6 Å². The molecular weight excluding hydrogens is 608 g/mol. The van der Waals surface area contributed by atoms with E-state index in [4.69, 9.17) is 9.26 Å². The molecule has 3 rings (SSSR count). The number of carboxylic acid groups (broad SMARTS) is 1. The number of aromatic nitrogens is 2. The molecule has 0 aliphatic carbocycles. The molecule has 0 fully saturated rings. The number of carbonyl (C=O) groups excluding carboxylic acids is 1. The van der Waals surface area contributed by atoms with Gasteiger partial charge in [0.15, 0.2) is 11.5 Å². The lowest BCUT2D eigenvalue weighted by Gasteiger charge is -2.19. The number of benzene rings is 1. The molecular formula is C23H21F6N3O7S2. The van der Waals surface area contributed by atoms with Gasteiger partial charge in [-0.3, -0.25) is 4.79 Å². The molecule has 1 unspecified atom stereocenters. The van der Waals surface area contributed by atoms with Crippen LogP contribution in [0.4, 0.5) is 26.3 Å². The van der Waals surface area contributed by atoms with Crippen molar-refractivity contribution in [2.75, 3.05) is 7.11 Å². The Morgan fingerprint density at radius 2 is 1.85 bits per heavy atom. The Hall–Kier alpha value is -3.51. The molecule has 41 heavy (non-hydrogen) atoms. The van der Waals surface area contributed by atoms with E-state index in [0.717, 1.165) is 0 Å². The number of nitrogens with zero attached hydrogens (tertiary/aromatic N) is 2. The molecule has 2 heterocycles. The molecule has 2 N–H and O–H groups in total. The maximum Gasteiger partial charge on any atom is 0.404 e. The third-order valence-corrected chi connectivity index (χ3v) is 8.35. The normalized spacial score (nSPS) is 13.4. The van der Waals surface area contributed by atoms with E-state index in [2.05, 4.69) is 10.1 Å². The first-order chi connectivity index (χ1) is 18.8. The molecule has 3 aromatic rings. The fourth-order valence-electron chi connectivity index (χ4n) is 3.59. The number of hydrogen-bond acceptors (Lipinski definition) is 9. The summed E-state index contributed by atoms with van der Waals surface area (Å²) < 4.78 is 118. The van der Waals surface area contributed by atoms with Crippen LogP contribution in [0, 0.1) is 11.2 Å². The zero-order valence-electron chi connectivity index (χ0n) is 21.5. The van der Waals surface area contributed by atoms with Gasteiger partial charge >= 0.3 is 18.1 Å². The van der Waals surface area contributed by atoms with E-state index in [1.165, 1.54) is 17.9 Å². The van der Waals surface area contributed by atoms with E-state index in [1.54, 1.807) is 13.8 Å². The molecule has 18 heteroatoms. The molecule has 0 saturated heterocycles. The van der Waals surface area contributed by atoms with E-state index in [1.807, 2.05) is 0 Å². The molecule has 0 amide bonds. The average molecular weight is 630 g/mol. The van der Waals surface area contributed by atoms with Crippen LogP contribution in [0.2, 0.25) is 0 Å². The summed E-state index contributed by atoms with van der Waals surface area (Å²) in [6.07, 6.45) is -8.76. The highest BCUT2D eigenvalue weighted by molar-refractivity contribution is 7.89. The molecule has 0 saturated carbocycles. The number of sulfonamides is 1. The first-order valence-corrected chi connectivity index (χ1v) is 13.6. The number of methoxy groups -OCH3 is 1. The predicted octanol–water partition coefficient (Wildman–Crippen LogP) is 5.21. The van der Waals surface area contributed by atoms with Crippen LogP contribution in [-0.2, 0) is 26.0 Å². The zero-order valence-corrected chi connectivity index (χ0v) is 23.1. The Labute approximate surface area is 232 Å². The van der Waals surface area contributed by atoms with Gasteiger partial charge in [-0.1, -0.05) is 11.2 Å². The Balaban J connectivity index is 2.11. The van der Waals surface area contributed by atoms with Gasteiger partial charge in [0, 0.05) is 18.1 Å². The maximum atomic E-state index is 15.2. The first kappa shape index (κ1) is 32.0. The van der Waals surface area contributed by atoms with Gasteiger partial charge in [0.1, 0.15) is 27.4 Å². The molecule has 10 nitrogen and oxygen atoms in total. The topological polar surface area (TPSA) is 149 Å². The van der Waals surface area contributed by atoms with Crippen molar-refractivity contribution in [1.82, 2.24) is 14.9 Å². The van der Waals surface area contributed by atoms with Gasteiger partial charge in [0.2, 0.25) is 10.0 Å². The zero-order chi connectivity index (χ0) is 31.1. The fraction of sp³-hybridized carbons (Fsp3) is 0.391. The van der Waals surface area contributed by atoms with Crippen molar-refractivity contribution in [1.29, 1.82) is 0 Å². The summed E-state index contributed by atoms with van der Waals surface area (Å²) in [4.78, 5) is 25.7. The van der Waals surface area contributed by atoms with E-state index in [9.17, 15) is 45.1 Å². The number of nitrogens with one attached hydrogen (secondary N) is 1. The summed E-state index contributed by atoms with van der Waals surface area (Å²) in [5.41, 5.74) is -4.22. The van der Waals surface area contributed by atoms with E-state index < -0.39 is 78.4 Å². The number of hydrogen-bond donors (Lipinski definition) is 2. The average Bonchev–Trinajstić information content (AvgIpc) is 3.49. The minimum Gasteiger partial charge on any atom is -0.476 e. The van der Waals surface area contributed by atoms with Crippen molar-refractivity contribution in [3.8, 4) is 21.1 Å². The lowest BCUT2D eigenvalue weighted by molar-refractivity contribution is -0.151. The van der Waals surface area contributed by atoms with Gasteiger partial charge in [-0.05, 0) is 26.8 Å². The highest BCUT2D eigenvalue weighted by Crippen LogP contribution is 2.42. The van der Waals surface area contributed by atoms with Crippen LogP contribution >= 0.6 is 11.3 Å². The Morgan fingerprint density at radius 3 is 2.39 bits per heavy atom. The number of rotatable bonds is 10. The molecule has 1 atom stereocenters. The largest absolute Gasteiger partial charge is 0.476 e. The van der Waals surface area contributed by atoms with Crippen LogP contribution < -0.4 is 4.72 Å². The molecule has 0 radical (unpaired) electrons. The Bertz CT molecular complexity index is 1580. The van der Waals surface area contributed by atoms with Crippen molar-refractivity contribution in [2.24, 2.45) is 5.41 Å². The summed E-state index contributed by atoms with van der Waals surface area (Å²) in [6.45, 7) is 3.56. The van der Waals surface area contributed by atoms with Crippen molar-refractivity contribution in [2.45, 2.75) is 50.7 Å². The third-order valence-electron chi connectivity index (χ3n) is 5.68. The molecule has 0 bridgehead atoms. The van der Waals surface area contributed by atoms with Crippen LogP contribution in [-0.4, -0.2) is 54.9 Å². The minimum atomic E-state index is -5.28. The maximum absolute atomic E-state index is 15.2. The fourth-order valence-corrected chi connectivity index (χ4v) is 5.96. The molecule has 1 aromatic carbocycles. The summed E-state index contributed by atoms with van der Waals surface area (Å²) >= 11 is 0.484. The van der Waals surface area contributed by atoms with Crippen LogP contribution in [0.1, 0.15) is 49.0 Å². The summed E-state index contributed by atoms with van der Waals surface area (Å²) in [6, 6.07) is -0.268. The number of aromatic carboxylic acids is 1. The molecule has 0 aliphatic rings. The second-order valence-electron chi connectivity index (χ2n) is 9.26. The van der Waals surface area contributed by atoms with E-state index in [-0.39, 0.29) is 22.9 Å².